The van der Waals surface area contributed by atoms with Crippen molar-refractivity contribution >= 4 is 17.4 Å². The Kier molecular flexibility index (Phi) is 4.59. The Morgan fingerprint density at radius 2 is 2.32 bits per heavy atom. The molecule has 6 nitrogen and oxygen atoms in total. The Balaban J connectivity index is 1.61. The van der Waals surface area contributed by atoms with Gasteiger partial charge in [0.2, 0.25) is 0 Å². The molecule has 1 atom stereocenters. The van der Waals surface area contributed by atoms with E-state index in [1.165, 1.54) is 0 Å². The first kappa shape index (κ1) is 15.2. The van der Waals surface area contributed by atoms with Gasteiger partial charge in [0, 0.05) is 44.5 Å². The van der Waals surface area contributed by atoms with Gasteiger partial charge in [0.25, 0.3) is 0 Å². The van der Waals surface area contributed by atoms with Crippen molar-refractivity contribution < 1.29 is 0 Å². The van der Waals surface area contributed by atoms with E-state index in [4.69, 9.17) is 11.6 Å². The van der Waals surface area contributed by atoms with Crippen LogP contribution in [0.4, 0.5) is 5.82 Å². The lowest BCUT2D eigenvalue weighted by molar-refractivity contribution is 0.419. The molecular weight excluding hydrogens is 300 g/mol. The number of hydrogen-bond donors (Lipinski definition) is 1. The molecule has 1 unspecified atom stereocenters. The van der Waals surface area contributed by atoms with Gasteiger partial charge < -0.3 is 10.2 Å². The van der Waals surface area contributed by atoms with Crippen LogP contribution in [0.2, 0.25) is 5.15 Å². The molecule has 0 bridgehead atoms. The van der Waals surface area contributed by atoms with E-state index in [1.807, 2.05) is 26.1 Å². The van der Waals surface area contributed by atoms with Crippen LogP contribution in [0.15, 0.2) is 18.3 Å². The largest absolute Gasteiger partial charge is 0.354 e. The summed E-state index contributed by atoms with van der Waals surface area (Å²) in [6.45, 7) is 4.71. The van der Waals surface area contributed by atoms with Crippen molar-refractivity contribution in [3.63, 3.8) is 0 Å². The number of rotatable bonds is 4. The van der Waals surface area contributed by atoms with Crippen LogP contribution in [-0.2, 0) is 13.6 Å². The molecule has 1 aliphatic rings. The first-order chi connectivity index (χ1) is 10.6. The summed E-state index contributed by atoms with van der Waals surface area (Å²) in [5, 5.41) is 16.8. The molecular formula is C15H21ClN6. The highest BCUT2D eigenvalue weighted by molar-refractivity contribution is 6.30. The van der Waals surface area contributed by atoms with E-state index in [-0.39, 0.29) is 0 Å². The monoisotopic (exact) mass is 320 g/mol. The van der Waals surface area contributed by atoms with Gasteiger partial charge in [-0.1, -0.05) is 11.6 Å². The number of halogens is 1. The molecule has 2 aromatic heterocycles. The summed E-state index contributed by atoms with van der Waals surface area (Å²) < 4.78 is 1.72. The molecule has 1 saturated heterocycles. The van der Waals surface area contributed by atoms with Crippen LogP contribution in [0.25, 0.3) is 0 Å². The van der Waals surface area contributed by atoms with Crippen LogP contribution < -0.4 is 10.2 Å². The molecule has 3 rings (SSSR count). The van der Waals surface area contributed by atoms with Gasteiger partial charge in [-0.2, -0.15) is 10.2 Å². The molecule has 0 aromatic carbocycles. The minimum atomic E-state index is 0.423. The maximum atomic E-state index is 6.29. The van der Waals surface area contributed by atoms with Crippen molar-refractivity contribution in [2.45, 2.75) is 32.4 Å². The lowest BCUT2D eigenvalue weighted by Crippen LogP contribution is -2.45. The number of anilines is 1. The van der Waals surface area contributed by atoms with Crippen LogP contribution >= 0.6 is 11.6 Å². The smallest absolute Gasteiger partial charge is 0.151 e. The Bertz CT molecular complexity index is 626. The molecule has 3 heterocycles. The van der Waals surface area contributed by atoms with Crippen molar-refractivity contribution in [1.29, 1.82) is 0 Å². The Hall–Kier alpha value is -1.66. The summed E-state index contributed by atoms with van der Waals surface area (Å²) in [6.07, 6.45) is 4.01. The predicted octanol–water partition coefficient (Wildman–Crippen LogP) is 1.93. The summed E-state index contributed by atoms with van der Waals surface area (Å²) in [4.78, 5) is 2.28. The SMILES string of the molecule is Cc1nn(C)c(Cl)c1CNC1CCCN(c2cccnn2)C1. The van der Waals surface area contributed by atoms with E-state index < -0.39 is 0 Å². The number of hydrogen-bond acceptors (Lipinski definition) is 5. The van der Waals surface area contributed by atoms with E-state index in [0.29, 0.717) is 11.2 Å². The predicted molar refractivity (Wildman–Crippen MR) is 87.1 cm³/mol. The maximum Gasteiger partial charge on any atom is 0.151 e. The van der Waals surface area contributed by atoms with Gasteiger partial charge in [0.05, 0.1) is 5.69 Å². The van der Waals surface area contributed by atoms with E-state index in [2.05, 4.69) is 25.5 Å². The van der Waals surface area contributed by atoms with Gasteiger partial charge in [0.1, 0.15) is 5.15 Å². The molecule has 1 aliphatic heterocycles. The number of piperidine rings is 1. The topological polar surface area (TPSA) is 58.9 Å². The van der Waals surface area contributed by atoms with Gasteiger partial charge in [-0.25, -0.2) is 0 Å². The van der Waals surface area contributed by atoms with Crippen LogP contribution in [0.1, 0.15) is 24.1 Å². The Labute approximate surface area is 135 Å². The highest BCUT2D eigenvalue weighted by Crippen LogP contribution is 2.20. The lowest BCUT2D eigenvalue weighted by atomic mass is 10.1. The third-order valence-corrected chi connectivity index (χ3v) is 4.61. The van der Waals surface area contributed by atoms with E-state index in [1.54, 1.807) is 10.9 Å². The van der Waals surface area contributed by atoms with E-state index in [9.17, 15) is 0 Å². The molecule has 1 fully saturated rings. The highest BCUT2D eigenvalue weighted by Gasteiger charge is 2.21. The van der Waals surface area contributed by atoms with Gasteiger partial charge in [0.15, 0.2) is 5.82 Å². The minimum Gasteiger partial charge on any atom is -0.354 e. The lowest BCUT2D eigenvalue weighted by Gasteiger charge is -2.33. The Morgan fingerprint density at radius 1 is 1.45 bits per heavy atom. The number of aryl methyl sites for hydroxylation is 2. The second-order valence-corrected chi connectivity index (χ2v) is 6.08. The average molecular weight is 321 g/mol. The molecule has 0 saturated carbocycles. The van der Waals surface area contributed by atoms with Gasteiger partial charge in [-0.15, -0.1) is 5.10 Å². The fourth-order valence-electron chi connectivity index (χ4n) is 2.94. The van der Waals surface area contributed by atoms with Crippen molar-refractivity contribution in [2.24, 2.45) is 7.05 Å². The van der Waals surface area contributed by atoms with E-state index in [0.717, 1.165) is 49.6 Å². The summed E-state index contributed by atoms with van der Waals surface area (Å²) in [7, 11) is 1.87. The van der Waals surface area contributed by atoms with Crippen molar-refractivity contribution in [1.82, 2.24) is 25.3 Å². The average Bonchev–Trinajstić information content (AvgIpc) is 2.79. The van der Waals surface area contributed by atoms with Crippen LogP contribution in [0.5, 0.6) is 0 Å². The molecule has 1 N–H and O–H groups in total. The zero-order valence-corrected chi connectivity index (χ0v) is 13.7. The van der Waals surface area contributed by atoms with Crippen LogP contribution in [-0.4, -0.2) is 39.1 Å². The van der Waals surface area contributed by atoms with Gasteiger partial charge >= 0.3 is 0 Å². The molecule has 118 valence electrons. The number of nitrogens with one attached hydrogen (secondary N) is 1. The molecule has 7 heteroatoms. The standard InChI is InChI=1S/C15H21ClN6/c1-11-13(15(16)21(2)20-11)9-17-12-5-4-8-22(10-12)14-6-3-7-18-19-14/h3,6-7,12,17H,4-5,8-10H2,1-2H3. The third kappa shape index (κ3) is 3.23. The highest BCUT2D eigenvalue weighted by atomic mass is 35.5. The second kappa shape index (κ2) is 6.62. The third-order valence-electron chi connectivity index (χ3n) is 4.14. The second-order valence-electron chi connectivity index (χ2n) is 5.73. The summed E-state index contributed by atoms with van der Waals surface area (Å²) >= 11 is 6.29. The fourth-order valence-corrected chi connectivity index (χ4v) is 3.18. The molecule has 2 aromatic rings. The number of aromatic nitrogens is 4. The summed E-state index contributed by atoms with van der Waals surface area (Å²) in [5.74, 6) is 0.949. The van der Waals surface area contributed by atoms with Crippen molar-refractivity contribution in [3.05, 3.63) is 34.7 Å². The normalized spacial score (nSPS) is 18.7. The molecule has 0 radical (unpaired) electrons. The van der Waals surface area contributed by atoms with Crippen molar-refractivity contribution in [2.75, 3.05) is 18.0 Å². The molecule has 0 amide bonds. The molecule has 0 spiro atoms. The zero-order valence-electron chi connectivity index (χ0n) is 13.0. The minimum absolute atomic E-state index is 0.423. The molecule has 0 aliphatic carbocycles. The van der Waals surface area contributed by atoms with Gasteiger partial charge in [-0.3, -0.25) is 4.68 Å². The van der Waals surface area contributed by atoms with Crippen LogP contribution in [0.3, 0.4) is 0 Å². The first-order valence-corrected chi connectivity index (χ1v) is 7.97. The Morgan fingerprint density at radius 3 is 3.00 bits per heavy atom. The molecule has 22 heavy (non-hydrogen) atoms. The quantitative estimate of drug-likeness (QED) is 0.933. The van der Waals surface area contributed by atoms with Crippen molar-refractivity contribution in [3.8, 4) is 0 Å². The summed E-state index contributed by atoms with van der Waals surface area (Å²) in [6, 6.07) is 4.36. The van der Waals surface area contributed by atoms with Crippen LogP contribution in [0, 0.1) is 6.92 Å². The fraction of sp³-hybridized carbons (Fsp3) is 0.533. The van der Waals surface area contributed by atoms with Gasteiger partial charge in [-0.05, 0) is 31.9 Å². The maximum absolute atomic E-state index is 6.29. The number of nitrogens with zero attached hydrogens (tertiary/aromatic N) is 5. The summed E-state index contributed by atoms with van der Waals surface area (Å²) in [5.41, 5.74) is 2.07. The first-order valence-electron chi connectivity index (χ1n) is 7.59. The van der Waals surface area contributed by atoms with E-state index >= 15 is 0 Å². The zero-order chi connectivity index (χ0) is 15.5.